The summed E-state index contributed by atoms with van der Waals surface area (Å²) < 4.78 is 30.7. The van der Waals surface area contributed by atoms with Crippen LogP contribution in [-0.4, -0.2) is 53.3 Å². The van der Waals surface area contributed by atoms with Crippen LogP contribution in [0.15, 0.2) is 91.0 Å². The van der Waals surface area contributed by atoms with Crippen LogP contribution in [0.4, 0.5) is 9.18 Å². The van der Waals surface area contributed by atoms with E-state index in [9.17, 15) is 23.9 Å². The Balaban J connectivity index is 1.25. The van der Waals surface area contributed by atoms with Crippen molar-refractivity contribution >= 4 is 18.0 Å². The largest absolute Gasteiger partial charge is 0.493 e. The van der Waals surface area contributed by atoms with E-state index in [0.717, 1.165) is 16.7 Å². The van der Waals surface area contributed by atoms with Gasteiger partial charge in [-0.2, -0.15) is 0 Å². The predicted octanol–water partition coefficient (Wildman–Crippen LogP) is 7.87. The highest BCUT2D eigenvalue weighted by Crippen LogP contribution is 2.32. The van der Waals surface area contributed by atoms with Gasteiger partial charge in [0, 0.05) is 19.3 Å². The van der Waals surface area contributed by atoms with Crippen molar-refractivity contribution in [3.63, 3.8) is 0 Å². The monoisotopic (exact) mass is 710 g/mol. The molecule has 5 rings (SSSR count). The predicted molar refractivity (Wildman–Crippen MR) is 196 cm³/mol. The molecule has 1 unspecified atom stereocenters. The Morgan fingerprint density at radius 2 is 1.50 bits per heavy atom. The van der Waals surface area contributed by atoms with Gasteiger partial charge in [-0.3, -0.25) is 9.69 Å². The van der Waals surface area contributed by atoms with Crippen LogP contribution in [0.2, 0.25) is 0 Å². The molecule has 0 bridgehead atoms. The number of rotatable bonds is 13. The summed E-state index contributed by atoms with van der Waals surface area (Å²) in [6, 6.07) is 24.5. The van der Waals surface area contributed by atoms with Gasteiger partial charge in [0.1, 0.15) is 35.1 Å². The number of carboxylic acid groups (broad SMARTS) is 1. The number of carbonyl (C=O) groups is 3. The molecule has 0 fully saturated rings. The summed E-state index contributed by atoms with van der Waals surface area (Å²) in [6.45, 7) is 10.9. The third kappa shape index (κ3) is 10.3. The zero-order valence-electron chi connectivity index (χ0n) is 30.4. The molecule has 2 atom stereocenters. The molecule has 9 nitrogen and oxygen atoms in total. The summed E-state index contributed by atoms with van der Waals surface area (Å²) in [6.07, 6.45) is 0.152. The maximum Gasteiger partial charge on any atom is 0.410 e. The summed E-state index contributed by atoms with van der Waals surface area (Å²) in [7, 11) is 0. The van der Waals surface area contributed by atoms with Crippen molar-refractivity contribution in [2.24, 2.45) is 5.92 Å². The van der Waals surface area contributed by atoms with Crippen LogP contribution in [0.25, 0.3) is 0 Å². The topological polar surface area (TPSA) is 114 Å². The number of halogens is 1. The number of ether oxygens (including phenoxy) is 3. The van der Waals surface area contributed by atoms with E-state index in [-0.39, 0.29) is 43.1 Å². The fourth-order valence-corrected chi connectivity index (χ4v) is 5.89. The first-order chi connectivity index (χ1) is 24.7. The minimum absolute atomic E-state index is 0.0148. The fraction of sp³-hybridized carbons (Fsp3) is 0.357. The highest BCUT2D eigenvalue weighted by atomic mass is 19.1. The van der Waals surface area contributed by atoms with E-state index in [4.69, 9.17) is 14.2 Å². The second kappa shape index (κ2) is 16.8. The molecule has 0 saturated carbocycles. The number of amides is 2. The van der Waals surface area contributed by atoms with Gasteiger partial charge in [0.2, 0.25) is 5.91 Å². The molecule has 0 radical (unpaired) electrons. The Morgan fingerprint density at radius 1 is 0.865 bits per heavy atom. The molecule has 0 saturated heterocycles. The molecule has 0 aliphatic carbocycles. The molecular formula is C42H47FN2O7. The number of nitrogens with zero attached hydrogens (tertiary/aromatic N) is 1. The second-order valence-corrected chi connectivity index (χ2v) is 14.6. The molecule has 1 heterocycles. The lowest BCUT2D eigenvalue weighted by atomic mass is 9.87. The molecule has 1 aliphatic rings. The molecule has 4 aromatic rings. The number of nitrogens with one attached hydrogen (secondary N) is 1. The van der Waals surface area contributed by atoms with E-state index in [0.29, 0.717) is 35.8 Å². The van der Waals surface area contributed by atoms with Crippen LogP contribution >= 0.6 is 0 Å². The van der Waals surface area contributed by atoms with Crippen molar-refractivity contribution < 1.29 is 38.1 Å². The van der Waals surface area contributed by atoms with Crippen molar-refractivity contribution in [1.29, 1.82) is 0 Å². The second-order valence-electron chi connectivity index (χ2n) is 14.6. The van der Waals surface area contributed by atoms with Gasteiger partial charge in [-0.15, -0.1) is 0 Å². The third-order valence-corrected chi connectivity index (χ3v) is 8.89. The molecular weight excluding hydrogens is 663 g/mol. The maximum atomic E-state index is 13.8. The highest BCUT2D eigenvalue weighted by Gasteiger charge is 2.37. The number of carboxylic acids is 1. The number of benzene rings is 4. The Hall–Kier alpha value is -5.38. The van der Waals surface area contributed by atoms with E-state index in [1.165, 1.54) is 22.6 Å². The van der Waals surface area contributed by atoms with Gasteiger partial charge in [-0.1, -0.05) is 77.1 Å². The SMILES string of the molecule is CC(C)COC(=O)N1Cc2cc(Oc3ccc(C(C)(C)C)cc3)ccc2C[C@H]1C(=O)NC(Cc1ccc(OCCc2ccc(F)cc2)cc1)C(=O)O. The average molecular weight is 711 g/mol. The quantitative estimate of drug-likeness (QED) is 0.145. The molecule has 2 N–H and O–H groups in total. The summed E-state index contributed by atoms with van der Waals surface area (Å²) in [5.74, 6) is -0.116. The number of carbonyl (C=O) groups excluding carboxylic acids is 2. The molecule has 2 amide bonds. The molecule has 1 aliphatic heterocycles. The zero-order chi connectivity index (χ0) is 37.4. The average Bonchev–Trinajstić information content (AvgIpc) is 3.11. The first kappa shape index (κ1) is 37.9. The fourth-order valence-electron chi connectivity index (χ4n) is 5.89. The van der Waals surface area contributed by atoms with E-state index in [1.54, 1.807) is 36.4 Å². The van der Waals surface area contributed by atoms with E-state index in [1.807, 2.05) is 56.3 Å². The summed E-state index contributed by atoms with van der Waals surface area (Å²) in [4.78, 5) is 40.9. The molecule has 0 spiro atoms. The van der Waals surface area contributed by atoms with E-state index in [2.05, 4.69) is 26.1 Å². The van der Waals surface area contributed by atoms with Gasteiger partial charge < -0.3 is 24.6 Å². The Kier molecular flexibility index (Phi) is 12.2. The van der Waals surface area contributed by atoms with Crippen molar-refractivity contribution in [1.82, 2.24) is 10.2 Å². The van der Waals surface area contributed by atoms with Gasteiger partial charge in [0.25, 0.3) is 0 Å². The molecule has 4 aromatic carbocycles. The van der Waals surface area contributed by atoms with Crippen molar-refractivity contribution in [3.05, 3.63) is 125 Å². The van der Waals surface area contributed by atoms with Crippen LogP contribution in [-0.2, 0) is 45.5 Å². The first-order valence-corrected chi connectivity index (χ1v) is 17.6. The first-order valence-electron chi connectivity index (χ1n) is 17.6. The van der Waals surface area contributed by atoms with Gasteiger partial charge in [-0.05, 0) is 87.7 Å². The van der Waals surface area contributed by atoms with E-state index >= 15 is 0 Å². The van der Waals surface area contributed by atoms with Gasteiger partial charge in [0.05, 0.1) is 19.8 Å². The van der Waals surface area contributed by atoms with Crippen molar-refractivity contribution in [3.8, 4) is 17.2 Å². The highest BCUT2D eigenvalue weighted by molar-refractivity contribution is 5.90. The van der Waals surface area contributed by atoms with Crippen LogP contribution in [0.3, 0.4) is 0 Å². The summed E-state index contributed by atoms with van der Waals surface area (Å²) >= 11 is 0. The Bertz CT molecular complexity index is 1830. The van der Waals surface area contributed by atoms with Gasteiger partial charge in [-0.25, -0.2) is 14.0 Å². The minimum atomic E-state index is -1.24. The molecule has 0 aromatic heterocycles. The number of aliphatic carboxylic acids is 1. The van der Waals surface area contributed by atoms with Gasteiger partial charge in [0.15, 0.2) is 0 Å². The lowest BCUT2D eigenvalue weighted by molar-refractivity contribution is -0.142. The van der Waals surface area contributed by atoms with Crippen LogP contribution in [0, 0.1) is 11.7 Å². The maximum absolute atomic E-state index is 13.8. The number of fused-ring (bicyclic) bond motifs is 1. The Morgan fingerprint density at radius 3 is 2.13 bits per heavy atom. The lowest BCUT2D eigenvalue weighted by Gasteiger charge is -2.36. The Labute approximate surface area is 304 Å². The third-order valence-electron chi connectivity index (χ3n) is 8.89. The summed E-state index contributed by atoms with van der Waals surface area (Å²) in [5, 5.41) is 12.8. The number of hydrogen-bond acceptors (Lipinski definition) is 6. The number of hydrogen-bond donors (Lipinski definition) is 2. The van der Waals surface area contributed by atoms with Crippen LogP contribution in [0.1, 0.15) is 62.4 Å². The van der Waals surface area contributed by atoms with Crippen LogP contribution < -0.4 is 14.8 Å². The van der Waals surface area contributed by atoms with Crippen LogP contribution in [0.5, 0.6) is 17.2 Å². The minimum Gasteiger partial charge on any atom is -0.493 e. The van der Waals surface area contributed by atoms with Gasteiger partial charge >= 0.3 is 12.1 Å². The zero-order valence-corrected chi connectivity index (χ0v) is 30.4. The van der Waals surface area contributed by atoms with Crippen molar-refractivity contribution in [2.75, 3.05) is 13.2 Å². The molecule has 52 heavy (non-hydrogen) atoms. The summed E-state index contributed by atoms with van der Waals surface area (Å²) in [5.41, 5.74) is 4.49. The van der Waals surface area contributed by atoms with E-state index < -0.39 is 30.1 Å². The normalized spacial score (nSPS) is 14.7. The smallest absolute Gasteiger partial charge is 0.410 e. The molecule has 10 heteroatoms. The standard InChI is InChI=1S/C42H47FN2O7/c1-27(2)26-51-41(49)45-25-31-23-36(52-35-18-11-32(12-19-35)42(3,4)5)17-10-30(31)24-38(45)39(46)44-37(40(47)48)22-29-8-15-34(16-9-29)50-21-20-28-6-13-33(43)14-7-28/h6-19,23,27,37-38H,20-22,24-26H2,1-5H3,(H,44,46)(H,47,48)/t37?,38-/m0/s1. The van der Waals surface area contributed by atoms with Crippen molar-refractivity contribution in [2.45, 2.75) is 77.9 Å². The molecule has 274 valence electrons. The lowest BCUT2D eigenvalue weighted by Crippen LogP contribution is -2.56.